The Balaban J connectivity index is 1.58. The van der Waals surface area contributed by atoms with Crippen LogP contribution in [-0.4, -0.2) is 40.3 Å². The molecule has 1 saturated heterocycles. The molecule has 1 fully saturated rings. The number of nitrogen functional groups attached to an aromatic ring is 1. The Morgan fingerprint density at radius 3 is 2.62 bits per heavy atom. The van der Waals surface area contributed by atoms with Crippen molar-refractivity contribution in [3.8, 4) is 0 Å². The van der Waals surface area contributed by atoms with Gasteiger partial charge in [-0.1, -0.05) is 24.3 Å². The van der Waals surface area contributed by atoms with Crippen molar-refractivity contribution in [3.05, 3.63) is 51.4 Å². The van der Waals surface area contributed by atoms with Gasteiger partial charge in [-0.15, -0.1) is 0 Å². The summed E-state index contributed by atoms with van der Waals surface area (Å²) in [5.74, 6) is 0.836. The highest BCUT2D eigenvalue weighted by atomic mass is 16.1. The number of Topliss-reactive ketones (excluding diaryl/α,β-unsaturated/α-hetero) is 1. The van der Waals surface area contributed by atoms with E-state index in [9.17, 15) is 9.59 Å². The fourth-order valence-corrected chi connectivity index (χ4v) is 3.86. The minimum atomic E-state index is -0.483. The molecule has 0 aliphatic carbocycles. The number of fused-ring (bicyclic) bond motifs is 1. The van der Waals surface area contributed by atoms with Gasteiger partial charge in [-0.2, -0.15) is 4.98 Å². The maximum Gasteiger partial charge on any atom is 0.348 e. The monoisotopic (exact) mass is 353 g/mol. The van der Waals surface area contributed by atoms with Crippen molar-refractivity contribution in [1.29, 1.82) is 0 Å². The molecule has 0 unspecified atom stereocenters. The summed E-state index contributed by atoms with van der Waals surface area (Å²) in [6.07, 6.45) is 2.76. The Labute approximate surface area is 151 Å². The van der Waals surface area contributed by atoms with Crippen LogP contribution in [0.1, 0.15) is 29.5 Å². The molecule has 26 heavy (non-hydrogen) atoms. The van der Waals surface area contributed by atoms with Crippen LogP contribution >= 0.6 is 0 Å². The van der Waals surface area contributed by atoms with Gasteiger partial charge in [-0.25, -0.2) is 4.79 Å². The summed E-state index contributed by atoms with van der Waals surface area (Å²) in [5, 5.41) is 0. The van der Waals surface area contributed by atoms with E-state index in [2.05, 4.69) is 27.0 Å². The number of nitrogens with one attached hydrogen (secondary N) is 1. The van der Waals surface area contributed by atoms with Crippen LogP contribution in [0.15, 0.2) is 29.1 Å². The average molecular weight is 353 g/mol. The van der Waals surface area contributed by atoms with E-state index in [0.717, 1.165) is 25.2 Å². The molecule has 0 saturated carbocycles. The van der Waals surface area contributed by atoms with Crippen LogP contribution in [0.2, 0.25) is 0 Å². The maximum atomic E-state index is 12.1. The lowest BCUT2D eigenvalue weighted by Gasteiger charge is -2.29. The maximum absolute atomic E-state index is 12.1. The zero-order valence-corrected chi connectivity index (χ0v) is 14.7. The number of nitrogens with two attached hydrogens (primary N) is 1. The summed E-state index contributed by atoms with van der Waals surface area (Å²) < 4.78 is 0. The Bertz CT molecular complexity index is 886. The van der Waals surface area contributed by atoms with E-state index in [0.29, 0.717) is 17.9 Å². The number of aromatic nitrogens is 2. The van der Waals surface area contributed by atoms with Gasteiger partial charge in [0, 0.05) is 25.1 Å². The van der Waals surface area contributed by atoms with Gasteiger partial charge in [0.25, 0.3) is 0 Å². The van der Waals surface area contributed by atoms with Crippen LogP contribution in [0.25, 0.3) is 0 Å². The number of hydrogen-bond acceptors (Lipinski definition) is 6. The lowest BCUT2D eigenvalue weighted by molar-refractivity contribution is -0.117. The van der Waals surface area contributed by atoms with Gasteiger partial charge in [0.05, 0.1) is 6.54 Å². The van der Waals surface area contributed by atoms with Crippen molar-refractivity contribution in [2.75, 3.05) is 30.3 Å². The largest absolute Gasteiger partial charge is 0.385 e. The van der Waals surface area contributed by atoms with Crippen LogP contribution < -0.4 is 16.3 Å². The second-order valence-corrected chi connectivity index (χ2v) is 7.13. The first kappa shape index (κ1) is 16.8. The zero-order valence-electron chi connectivity index (χ0n) is 14.7. The SMILES string of the molecule is Nc1[nH]c(=O)nc2c1CC(=O)CN2Cc1cccc(CN2CCCC2)c1. The van der Waals surface area contributed by atoms with E-state index in [1.54, 1.807) is 0 Å². The number of aromatic amines is 1. The first-order chi connectivity index (χ1) is 12.6. The van der Waals surface area contributed by atoms with Gasteiger partial charge in [0.1, 0.15) is 11.6 Å². The van der Waals surface area contributed by atoms with Crippen LogP contribution in [0, 0.1) is 0 Å². The van der Waals surface area contributed by atoms with Crippen molar-refractivity contribution in [2.45, 2.75) is 32.4 Å². The number of nitrogens with zero attached hydrogens (tertiary/aromatic N) is 3. The molecule has 3 heterocycles. The molecule has 2 aromatic rings. The fourth-order valence-electron chi connectivity index (χ4n) is 3.86. The molecule has 0 spiro atoms. The van der Waals surface area contributed by atoms with Gasteiger partial charge in [0.2, 0.25) is 0 Å². The van der Waals surface area contributed by atoms with Gasteiger partial charge >= 0.3 is 5.69 Å². The number of rotatable bonds is 4. The van der Waals surface area contributed by atoms with Crippen LogP contribution in [-0.2, 0) is 24.3 Å². The zero-order chi connectivity index (χ0) is 18.1. The first-order valence-electron chi connectivity index (χ1n) is 9.04. The Morgan fingerprint density at radius 1 is 1.12 bits per heavy atom. The van der Waals surface area contributed by atoms with Gasteiger partial charge < -0.3 is 10.6 Å². The van der Waals surface area contributed by atoms with Crippen molar-refractivity contribution in [3.63, 3.8) is 0 Å². The van der Waals surface area contributed by atoms with E-state index in [-0.39, 0.29) is 24.6 Å². The lowest BCUT2D eigenvalue weighted by atomic mass is 10.0. The molecule has 0 bridgehead atoms. The highest BCUT2D eigenvalue weighted by Crippen LogP contribution is 2.27. The first-order valence-corrected chi connectivity index (χ1v) is 9.04. The predicted molar refractivity (Wildman–Crippen MR) is 100.0 cm³/mol. The second kappa shape index (κ2) is 6.92. The number of carbonyl (C=O) groups excluding carboxylic acids is 1. The quantitative estimate of drug-likeness (QED) is 0.854. The molecular formula is C19H23N5O2. The Kier molecular flexibility index (Phi) is 4.46. The van der Waals surface area contributed by atoms with Crippen LogP contribution in [0.3, 0.4) is 0 Å². The standard InChI is InChI=1S/C19H23N5O2/c20-17-16-9-15(25)12-24(18(16)22-19(26)21-17)11-14-5-3-4-13(8-14)10-23-6-1-2-7-23/h3-5,8H,1-2,6-7,9-12H2,(H3,20,21,22,26). The van der Waals surface area contributed by atoms with Crippen molar-refractivity contribution < 1.29 is 4.79 Å². The molecule has 1 aromatic carbocycles. The Morgan fingerprint density at radius 2 is 1.85 bits per heavy atom. The topological polar surface area (TPSA) is 95.3 Å². The summed E-state index contributed by atoms with van der Waals surface area (Å²) in [4.78, 5) is 34.7. The molecule has 0 amide bonds. The summed E-state index contributed by atoms with van der Waals surface area (Å²) in [7, 11) is 0. The van der Waals surface area contributed by atoms with E-state index in [1.807, 2.05) is 17.0 Å². The molecule has 0 radical (unpaired) electrons. The van der Waals surface area contributed by atoms with Crippen molar-refractivity contribution >= 4 is 17.4 Å². The smallest absolute Gasteiger partial charge is 0.348 e. The molecule has 2 aliphatic rings. The summed E-state index contributed by atoms with van der Waals surface area (Å²) in [5.41, 5.74) is 8.40. The molecule has 2 aliphatic heterocycles. The van der Waals surface area contributed by atoms with E-state index in [1.165, 1.54) is 18.4 Å². The summed E-state index contributed by atoms with van der Waals surface area (Å²) >= 11 is 0. The van der Waals surface area contributed by atoms with Crippen molar-refractivity contribution in [1.82, 2.24) is 14.9 Å². The van der Waals surface area contributed by atoms with Gasteiger partial charge in [-0.3, -0.25) is 14.7 Å². The second-order valence-electron chi connectivity index (χ2n) is 7.13. The lowest BCUT2D eigenvalue weighted by Crippen LogP contribution is -2.38. The molecule has 3 N–H and O–H groups in total. The van der Waals surface area contributed by atoms with Crippen molar-refractivity contribution in [2.24, 2.45) is 0 Å². The van der Waals surface area contributed by atoms with Gasteiger partial charge in [0.15, 0.2) is 5.78 Å². The third-order valence-corrected chi connectivity index (χ3v) is 5.05. The third kappa shape index (κ3) is 3.48. The number of H-pyrrole nitrogens is 1. The van der Waals surface area contributed by atoms with Gasteiger partial charge in [-0.05, 0) is 37.1 Å². The highest BCUT2D eigenvalue weighted by Gasteiger charge is 2.26. The number of benzene rings is 1. The molecule has 0 atom stereocenters. The minimum absolute atomic E-state index is 0.0753. The minimum Gasteiger partial charge on any atom is -0.385 e. The molecule has 1 aromatic heterocycles. The predicted octanol–water partition coefficient (Wildman–Crippen LogP) is 1.08. The fraction of sp³-hybridized carbons (Fsp3) is 0.421. The normalized spacial score (nSPS) is 17.5. The van der Waals surface area contributed by atoms with E-state index < -0.39 is 5.69 Å². The third-order valence-electron chi connectivity index (χ3n) is 5.05. The number of anilines is 2. The molecule has 7 heteroatoms. The molecule has 4 rings (SSSR count). The number of likely N-dealkylation sites (tertiary alicyclic amines) is 1. The van der Waals surface area contributed by atoms with E-state index in [4.69, 9.17) is 5.73 Å². The number of ketones is 1. The highest BCUT2D eigenvalue weighted by molar-refractivity contribution is 5.90. The average Bonchev–Trinajstić information content (AvgIpc) is 3.09. The Hall–Kier alpha value is -2.67. The summed E-state index contributed by atoms with van der Waals surface area (Å²) in [6, 6.07) is 8.40. The number of hydrogen-bond donors (Lipinski definition) is 2. The molecule has 7 nitrogen and oxygen atoms in total. The molecule has 136 valence electrons. The van der Waals surface area contributed by atoms with Crippen LogP contribution in [0.4, 0.5) is 11.6 Å². The summed E-state index contributed by atoms with van der Waals surface area (Å²) in [6.45, 7) is 4.05. The number of carbonyl (C=O) groups is 1. The van der Waals surface area contributed by atoms with Crippen LogP contribution in [0.5, 0.6) is 0 Å². The van der Waals surface area contributed by atoms with E-state index >= 15 is 0 Å². The molecular weight excluding hydrogens is 330 g/mol.